The smallest absolute Gasteiger partial charge is 0.148 e. The van der Waals surface area contributed by atoms with Crippen LogP contribution in [-0.2, 0) is 12.1 Å². The molecule has 14 heavy (non-hydrogen) atoms. The van der Waals surface area contributed by atoms with Gasteiger partial charge in [-0.2, -0.15) is 0 Å². The third-order valence-electron chi connectivity index (χ3n) is 2.93. The molecule has 1 aliphatic carbocycles. The van der Waals surface area contributed by atoms with E-state index in [1.807, 2.05) is 12.1 Å². The van der Waals surface area contributed by atoms with Crippen molar-refractivity contribution in [3.8, 4) is 5.75 Å². The second-order valence-corrected chi connectivity index (χ2v) is 3.66. The van der Waals surface area contributed by atoms with Gasteiger partial charge < -0.3 is 10.5 Å². The van der Waals surface area contributed by atoms with Crippen molar-refractivity contribution in [2.24, 2.45) is 5.73 Å². The van der Waals surface area contributed by atoms with E-state index in [-0.39, 0.29) is 6.54 Å². The molecule has 2 nitrogen and oxygen atoms in total. The van der Waals surface area contributed by atoms with Gasteiger partial charge in [-0.3, -0.25) is 0 Å². The molecule has 2 rings (SSSR count). The second-order valence-electron chi connectivity index (χ2n) is 3.66. The Balaban J connectivity index is 2.52. The Hall–Kier alpha value is -1.09. The van der Waals surface area contributed by atoms with Crippen molar-refractivity contribution in [3.63, 3.8) is 0 Å². The van der Waals surface area contributed by atoms with E-state index in [0.717, 1.165) is 11.3 Å². The van der Waals surface area contributed by atoms with E-state index in [9.17, 15) is 4.39 Å². The van der Waals surface area contributed by atoms with Crippen LogP contribution in [0.25, 0.3) is 0 Å². The van der Waals surface area contributed by atoms with Crippen LogP contribution in [-0.4, -0.2) is 13.7 Å². The van der Waals surface area contributed by atoms with Crippen molar-refractivity contribution in [1.29, 1.82) is 0 Å². The lowest BCUT2D eigenvalue weighted by atomic mass is 9.98. The Kier molecular flexibility index (Phi) is 2.19. The molecule has 1 atom stereocenters. The fourth-order valence-electron chi connectivity index (χ4n) is 2.10. The van der Waals surface area contributed by atoms with Crippen molar-refractivity contribution in [2.75, 3.05) is 13.7 Å². The molecule has 0 aromatic heterocycles. The van der Waals surface area contributed by atoms with E-state index < -0.39 is 5.67 Å². The number of fused-ring (bicyclic) bond motifs is 1. The molecule has 0 aliphatic heterocycles. The van der Waals surface area contributed by atoms with Crippen molar-refractivity contribution in [1.82, 2.24) is 0 Å². The van der Waals surface area contributed by atoms with Gasteiger partial charge in [0, 0.05) is 12.1 Å². The van der Waals surface area contributed by atoms with Crippen LogP contribution in [0.15, 0.2) is 18.2 Å². The average molecular weight is 195 g/mol. The molecule has 0 spiro atoms. The van der Waals surface area contributed by atoms with Crippen LogP contribution in [0.2, 0.25) is 0 Å². The van der Waals surface area contributed by atoms with E-state index >= 15 is 0 Å². The first-order chi connectivity index (χ1) is 6.71. The topological polar surface area (TPSA) is 35.2 Å². The molecule has 0 radical (unpaired) electrons. The SMILES string of the molecule is COc1cccc2c1CCC2(F)CN. The predicted molar refractivity (Wildman–Crippen MR) is 53.2 cm³/mol. The summed E-state index contributed by atoms with van der Waals surface area (Å²) in [5.41, 5.74) is 5.80. The molecule has 0 saturated heterocycles. The minimum Gasteiger partial charge on any atom is -0.496 e. The summed E-state index contributed by atoms with van der Waals surface area (Å²) in [7, 11) is 1.61. The summed E-state index contributed by atoms with van der Waals surface area (Å²) in [4.78, 5) is 0. The first-order valence-electron chi connectivity index (χ1n) is 4.76. The van der Waals surface area contributed by atoms with Gasteiger partial charge in [0.2, 0.25) is 0 Å². The number of methoxy groups -OCH3 is 1. The number of nitrogens with two attached hydrogens (primary N) is 1. The number of hydrogen-bond donors (Lipinski definition) is 1. The Morgan fingerprint density at radius 3 is 3.00 bits per heavy atom. The van der Waals surface area contributed by atoms with Crippen LogP contribution in [0.1, 0.15) is 17.5 Å². The summed E-state index contributed by atoms with van der Waals surface area (Å²) in [6.07, 6.45) is 1.19. The standard InChI is InChI=1S/C11H14FNO/c1-14-10-4-2-3-9-8(10)5-6-11(9,12)7-13/h2-4H,5-7,13H2,1H3. The molecular weight excluding hydrogens is 181 g/mol. The lowest BCUT2D eigenvalue weighted by molar-refractivity contribution is 0.177. The fraction of sp³-hybridized carbons (Fsp3) is 0.455. The highest BCUT2D eigenvalue weighted by Gasteiger charge is 2.38. The maximum Gasteiger partial charge on any atom is 0.148 e. The van der Waals surface area contributed by atoms with Crippen LogP contribution in [0.4, 0.5) is 4.39 Å². The highest BCUT2D eigenvalue weighted by Crippen LogP contribution is 2.43. The van der Waals surface area contributed by atoms with Gasteiger partial charge >= 0.3 is 0 Å². The number of rotatable bonds is 2. The van der Waals surface area contributed by atoms with E-state index in [0.29, 0.717) is 18.4 Å². The molecule has 0 fully saturated rings. The average Bonchev–Trinajstić information content (AvgIpc) is 2.58. The van der Waals surface area contributed by atoms with Crippen molar-refractivity contribution in [2.45, 2.75) is 18.5 Å². The molecule has 0 saturated carbocycles. The minimum absolute atomic E-state index is 0.0488. The van der Waals surface area contributed by atoms with Crippen LogP contribution in [0.3, 0.4) is 0 Å². The highest BCUT2D eigenvalue weighted by molar-refractivity contribution is 5.47. The summed E-state index contributed by atoms with van der Waals surface area (Å²) in [6.45, 7) is 0.0488. The minimum atomic E-state index is -1.34. The Morgan fingerprint density at radius 1 is 1.57 bits per heavy atom. The zero-order chi connectivity index (χ0) is 10.2. The summed E-state index contributed by atoms with van der Waals surface area (Å²) in [5, 5.41) is 0. The van der Waals surface area contributed by atoms with Gasteiger partial charge in [0.15, 0.2) is 0 Å². The maximum absolute atomic E-state index is 14.2. The molecule has 0 heterocycles. The molecule has 2 N–H and O–H groups in total. The van der Waals surface area contributed by atoms with Crippen molar-refractivity contribution < 1.29 is 9.13 Å². The zero-order valence-electron chi connectivity index (χ0n) is 8.22. The molecule has 3 heteroatoms. The Labute approximate surface area is 82.9 Å². The molecule has 1 aromatic carbocycles. The summed E-state index contributed by atoms with van der Waals surface area (Å²) < 4.78 is 19.4. The third-order valence-corrected chi connectivity index (χ3v) is 2.93. The van der Waals surface area contributed by atoms with E-state index in [2.05, 4.69) is 0 Å². The van der Waals surface area contributed by atoms with E-state index in [1.165, 1.54) is 0 Å². The first-order valence-corrected chi connectivity index (χ1v) is 4.76. The van der Waals surface area contributed by atoms with E-state index in [4.69, 9.17) is 10.5 Å². The number of benzene rings is 1. The number of halogens is 1. The van der Waals surface area contributed by atoms with Gasteiger partial charge in [-0.25, -0.2) is 4.39 Å². The van der Waals surface area contributed by atoms with Crippen LogP contribution < -0.4 is 10.5 Å². The van der Waals surface area contributed by atoms with Crippen LogP contribution in [0.5, 0.6) is 5.75 Å². The quantitative estimate of drug-likeness (QED) is 0.780. The fourth-order valence-corrected chi connectivity index (χ4v) is 2.10. The van der Waals surface area contributed by atoms with Gasteiger partial charge in [-0.15, -0.1) is 0 Å². The molecule has 0 bridgehead atoms. The highest BCUT2D eigenvalue weighted by atomic mass is 19.1. The third kappa shape index (κ3) is 1.20. The molecule has 0 amide bonds. The molecule has 76 valence electrons. The van der Waals surface area contributed by atoms with Crippen molar-refractivity contribution in [3.05, 3.63) is 29.3 Å². The first kappa shape index (κ1) is 9.46. The van der Waals surface area contributed by atoms with Crippen LogP contribution in [0, 0.1) is 0 Å². The maximum atomic E-state index is 14.2. The van der Waals surface area contributed by atoms with Crippen molar-refractivity contribution >= 4 is 0 Å². The normalized spacial score (nSPS) is 24.8. The van der Waals surface area contributed by atoms with Gasteiger partial charge in [-0.1, -0.05) is 12.1 Å². The van der Waals surface area contributed by atoms with Gasteiger partial charge in [0.25, 0.3) is 0 Å². The van der Waals surface area contributed by atoms with Crippen LogP contribution >= 0.6 is 0 Å². The van der Waals surface area contributed by atoms with Gasteiger partial charge in [-0.05, 0) is 24.5 Å². The monoisotopic (exact) mass is 195 g/mol. The van der Waals surface area contributed by atoms with Gasteiger partial charge in [0.05, 0.1) is 7.11 Å². The summed E-state index contributed by atoms with van der Waals surface area (Å²) in [5.74, 6) is 0.774. The number of ether oxygens (including phenoxy) is 1. The summed E-state index contributed by atoms with van der Waals surface area (Å²) in [6, 6.07) is 5.48. The lowest BCUT2D eigenvalue weighted by Crippen LogP contribution is -2.27. The lowest BCUT2D eigenvalue weighted by Gasteiger charge is -2.18. The second kappa shape index (κ2) is 3.24. The molecule has 1 aliphatic rings. The van der Waals surface area contributed by atoms with Gasteiger partial charge in [0.1, 0.15) is 11.4 Å². The predicted octanol–water partition coefficient (Wildman–Crippen LogP) is 1.76. The number of alkyl halides is 1. The molecule has 1 unspecified atom stereocenters. The van der Waals surface area contributed by atoms with E-state index in [1.54, 1.807) is 13.2 Å². The zero-order valence-corrected chi connectivity index (χ0v) is 8.22. The molecule has 1 aromatic rings. The number of hydrogen-bond acceptors (Lipinski definition) is 2. The Morgan fingerprint density at radius 2 is 2.36 bits per heavy atom. The summed E-state index contributed by atoms with van der Waals surface area (Å²) >= 11 is 0. The largest absolute Gasteiger partial charge is 0.496 e. The molecular formula is C11H14FNO. The Bertz CT molecular complexity index is 353.